The molecule has 0 amide bonds. The van der Waals surface area contributed by atoms with Crippen molar-refractivity contribution < 1.29 is 0 Å². The zero-order valence-corrected chi connectivity index (χ0v) is 9.80. The molecule has 0 aliphatic carbocycles. The van der Waals surface area contributed by atoms with Gasteiger partial charge in [-0.15, -0.1) is 0 Å². The maximum absolute atomic E-state index is 9.25. The van der Waals surface area contributed by atoms with E-state index in [0.29, 0.717) is 6.42 Å². The second kappa shape index (κ2) is 5.27. The van der Waals surface area contributed by atoms with Gasteiger partial charge in [-0.1, -0.05) is 35.9 Å². The minimum Gasteiger partial charge on any atom is -0.261 e. The summed E-state index contributed by atoms with van der Waals surface area (Å²) in [4.78, 5) is 4.26. The Hall–Kier alpha value is -2.14. The zero-order valence-electron chi connectivity index (χ0n) is 9.80. The average Bonchev–Trinajstić information content (AvgIpc) is 2.37. The Morgan fingerprint density at radius 3 is 2.76 bits per heavy atom. The third-order valence-corrected chi connectivity index (χ3v) is 2.74. The van der Waals surface area contributed by atoms with Crippen LogP contribution in [0.2, 0.25) is 0 Å². The van der Waals surface area contributed by atoms with Crippen molar-refractivity contribution in [2.75, 3.05) is 0 Å². The summed E-state index contributed by atoms with van der Waals surface area (Å²) in [5, 5.41) is 9.25. The van der Waals surface area contributed by atoms with Crippen LogP contribution < -0.4 is 0 Å². The zero-order chi connectivity index (χ0) is 12.1. The maximum atomic E-state index is 9.25. The first-order valence-corrected chi connectivity index (χ1v) is 5.65. The van der Waals surface area contributed by atoms with Crippen molar-refractivity contribution >= 4 is 0 Å². The van der Waals surface area contributed by atoms with E-state index >= 15 is 0 Å². The van der Waals surface area contributed by atoms with Crippen LogP contribution in [0, 0.1) is 18.3 Å². The Labute approximate surface area is 102 Å². The highest BCUT2D eigenvalue weighted by atomic mass is 14.7. The molecule has 1 unspecified atom stereocenters. The van der Waals surface area contributed by atoms with E-state index < -0.39 is 0 Å². The van der Waals surface area contributed by atoms with Crippen molar-refractivity contribution in [3.63, 3.8) is 0 Å². The molecule has 2 aromatic rings. The van der Waals surface area contributed by atoms with E-state index in [0.717, 1.165) is 11.3 Å². The van der Waals surface area contributed by atoms with E-state index in [9.17, 15) is 5.26 Å². The van der Waals surface area contributed by atoms with Crippen LogP contribution in [0.25, 0.3) is 0 Å². The first-order chi connectivity index (χ1) is 8.29. The molecule has 1 atom stereocenters. The number of benzene rings is 1. The van der Waals surface area contributed by atoms with Gasteiger partial charge in [-0.3, -0.25) is 4.98 Å². The van der Waals surface area contributed by atoms with Crippen LogP contribution >= 0.6 is 0 Å². The number of hydrogen-bond acceptors (Lipinski definition) is 2. The van der Waals surface area contributed by atoms with E-state index in [1.807, 2.05) is 43.3 Å². The quantitative estimate of drug-likeness (QED) is 0.799. The van der Waals surface area contributed by atoms with Crippen molar-refractivity contribution in [2.45, 2.75) is 19.3 Å². The summed E-state index contributed by atoms with van der Waals surface area (Å²) in [7, 11) is 0. The lowest BCUT2D eigenvalue weighted by Gasteiger charge is -2.09. The number of nitrogens with zero attached hydrogens (tertiary/aromatic N) is 2. The molecule has 2 rings (SSSR count). The van der Waals surface area contributed by atoms with Crippen LogP contribution in [0.15, 0.2) is 48.7 Å². The summed E-state index contributed by atoms with van der Waals surface area (Å²) in [5.74, 6) is -0.121. The van der Waals surface area contributed by atoms with Crippen molar-refractivity contribution in [1.29, 1.82) is 5.26 Å². The van der Waals surface area contributed by atoms with Crippen molar-refractivity contribution in [3.05, 3.63) is 65.5 Å². The van der Waals surface area contributed by atoms with Gasteiger partial charge >= 0.3 is 0 Å². The number of nitriles is 1. The second-order valence-electron chi connectivity index (χ2n) is 4.12. The van der Waals surface area contributed by atoms with E-state index in [-0.39, 0.29) is 5.92 Å². The van der Waals surface area contributed by atoms with Crippen LogP contribution in [0.1, 0.15) is 22.7 Å². The monoisotopic (exact) mass is 222 g/mol. The molecule has 84 valence electrons. The summed E-state index contributed by atoms with van der Waals surface area (Å²) in [6.45, 7) is 2.04. The molecular formula is C15H14N2. The van der Waals surface area contributed by atoms with E-state index in [2.05, 4.69) is 17.1 Å². The molecule has 1 aromatic heterocycles. The van der Waals surface area contributed by atoms with Gasteiger partial charge in [0.2, 0.25) is 0 Å². The maximum Gasteiger partial charge on any atom is 0.0768 e. The van der Waals surface area contributed by atoms with Gasteiger partial charge in [0.1, 0.15) is 0 Å². The molecule has 0 fully saturated rings. The Morgan fingerprint density at radius 1 is 1.24 bits per heavy atom. The van der Waals surface area contributed by atoms with Gasteiger partial charge in [-0.2, -0.15) is 5.26 Å². The molecule has 1 heterocycles. The van der Waals surface area contributed by atoms with Crippen LogP contribution in [-0.2, 0) is 6.42 Å². The second-order valence-corrected chi connectivity index (χ2v) is 4.12. The average molecular weight is 222 g/mol. The predicted molar refractivity (Wildman–Crippen MR) is 67.5 cm³/mol. The van der Waals surface area contributed by atoms with Gasteiger partial charge in [0, 0.05) is 18.3 Å². The topological polar surface area (TPSA) is 36.7 Å². The third kappa shape index (κ3) is 2.92. The standard InChI is InChI=1S/C15H14N2/c1-12-5-4-6-13(9-12)14(11-16)10-15-7-2-3-8-17-15/h2-9,14H,10H2,1H3. The summed E-state index contributed by atoms with van der Waals surface area (Å²) in [6.07, 6.45) is 2.43. The first-order valence-electron chi connectivity index (χ1n) is 5.65. The van der Waals surface area contributed by atoms with E-state index in [1.54, 1.807) is 6.20 Å². The molecule has 0 aliphatic rings. The largest absolute Gasteiger partial charge is 0.261 e. The van der Waals surface area contributed by atoms with Crippen LogP contribution in [0.3, 0.4) is 0 Å². The van der Waals surface area contributed by atoms with Crippen molar-refractivity contribution in [1.82, 2.24) is 4.98 Å². The molecule has 0 saturated heterocycles. The predicted octanol–water partition coefficient (Wildman–Crippen LogP) is 3.24. The lowest BCUT2D eigenvalue weighted by atomic mass is 9.94. The van der Waals surface area contributed by atoms with Gasteiger partial charge in [0.15, 0.2) is 0 Å². The minimum atomic E-state index is -0.121. The lowest BCUT2D eigenvalue weighted by molar-refractivity contribution is 0.820. The van der Waals surface area contributed by atoms with E-state index in [4.69, 9.17) is 0 Å². The molecule has 2 heteroatoms. The Kier molecular flexibility index (Phi) is 3.52. The first kappa shape index (κ1) is 11.3. The number of aromatic nitrogens is 1. The normalized spacial score (nSPS) is 11.8. The van der Waals surface area contributed by atoms with Crippen LogP contribution in [0.4, 0.5) is 0 Å². The fraction of sp³-hybridized carbons (Fsp3) is 0.200. The number of hydrogen-bond donors (Lipinski definition) is 0. The van der Waals surface area contributed by atoms with Gasteiger partial charge in [-0.25, -0.2) is 0 Å². The highest BCUT2D eigenvalue weighted by Gasteiger charge is 2.11. The third-order valence-electron chi connectivity index (χ3n) is 2.74. The molecule has 2 nitrogen and oxygen atoms in total. The summed E-state index contributed by atoms with van der Waals surface area (Å²) < 4.78 is 0. The highest BCUT2D eigenvalue weighted by Crippen LogP contribution is 2.20. The van der Waals surface area contributed by atoms with Gasteiger partial charge in [-0.05, 0) is 24.6 Å². The molecule has 0 spiro atoms. The molecule has 0 N–H and O–H groups in total. The van der Waals surface area contributed by atoms with Gasteiger partial charge in [0.25, 0.3) is 0 Å². The SMILES string of the molecule is Cc1cccc(C(C#N)Cc2ccccn2)c1. The Morgan fingerprint density at radius 2 is 2.12 bits per heavy atom. The summed E-state index contributed by atoms with van der Waals surface area (Å²) >= 11 is 0. The number of rotatable bonds is 3. The Balaban J connectivity index is 2.21. The molecule has 17 heavy (non-hydrogen) atoms. The van der Waals surface area contributed by atoms with Gasteiger partial charge < -0.3 is 0 Å². The minimum absolute atomic E-state index is 0.121. The number of aryl methyl sites for hydroxylation is 1. The van der Waals surface area contributed by atoms with E-state index in [1.165, 1.54) is 5.56 Å². The summed E-state index contributed by atoms with van der Waals surface area (Å²) in [5.41, 5.74) is 3.21. The molecule has 0 saturated carbocycles. The molecule has 0 radical (unpaired) electrons. The molecule has 0 bridgehead atoms. The van der Waals surface area contributed by atoms with Crippen molar-refractivity contribution in [2.24, 2.45) is 0 Å². The smallest absolute Gasteiger partial charge is 0.0768 e. The van der Waals surface area contributed by atoms with Gasteiger partial charge in [0.05, 0.1) is 12.0 Å². The lowest BCUT2D eigenvalue weighted by Crippen LogP contribution is -2.02. The van der Waals surface area contributed by atoms with Crippen LogP contribution in [0.5, 0.6) is 0 Å². The fourth-order valence-electron chi connectivity index (χ4n) is 1.85. The Bertz CT molecular complexity index is 526. The van der Waals surface area contributed by atoms with Crippen LogP contribution in [-0.4, -0.2) is 4.98 Å². The fourth-order valence-corrected chi connectivity index (χ4v) is 1.85. The molecular weight excluding hydrogens is 208 g/mol. The highest BCUT2D eigenvalue weighted by molar-refractivity contribution is 5.30. The van der Waals surface area contributed by atoms with Crippen molar-refractivity contribution in [3.8, 4) is 6.07 Å². The molecule has 0 aliphatic heterocycles. The summed E-state index contributed by atoms with van der Waals surface area (Å²) in [6, 6.07) is 16.3. The number of pyridine rings is 1. The molecule has 1 aromatic carbocycles.